The molecule has 0 bridgehead atoms. The van der Waals surface area contributed by atoms with Crippen molar-refractivity contribution in [1.82, 2.24) is 0 Å². The number of nitrogens with two attached hydrogens (primary N) is 1. The summed E-state index contributed by atoms with van der Waals surface area (Å²) in [6.07, 6.45) is 0. The first-order chi connectivity index (χ1) is 7.29. The summed E-state index contributed by atoms with van der Waals surface area (Å²) in [5.74, 6) is 0. The van der Waals surface area contributed by atoms with Crippen LogP contribution in [-0.4, -0.2) is 26.2 Å². The molecule has 4 heteroatoms. The summed E-state index contributed by atoms with van der Waals surface area (Å²) in [7, 11) is 0. The quantitative estimate of drug-likeness (QED) is 0.535. The Kier molecular flexibility index (Phi) is 4.85. The van der Waals surface area contributed by atoms with Gasteiger partial charge in [-0.3, -0.25) is 0 Å². The van der Waals surface area contributed by atoms with Crippen LogP contribution in [0.15, 0.2) is 30.3 Å². The SMILES string of the molecule is CC(c1ccccc1)[NH+]1CC2(C[NH2+]C2)C1.[Cl-].[Cl-]. The molecule has 2 nitrogen and oxygen atoms in total. The van der Waals surface area contributed by atoms with Crippen molar-refractivity contribution in [3.8, 4) is 0 Å². The Morgan fingerprint density at radius 2 is 1.71 bits per heavy atom. The van der Waals surface area contributed by atoms with Crippen molar-refractivity contribution in [2.45, 2.75) is 13.0 Å². The molecule has 3 N–H and O–H groups in total. The predicted molar refractivity (Wildman–Crippen MR) is 59.6 cm³/mol. The molecule has 1 unspecified atom stereocenters. The lowest BCUT2D eigenvalue weighted by atomic mass is 9.73. The highest BCUT2D eigenvalue weighted by molar-refractivity contribution is 5.16. The molecule has 96 valence electrons. The number of hydrogen-bond acceptors (Lipinski definition) is 0. The lowest BCUT2D eigenvalue weighted by molar-refractivity contribution is -1.01. The zero-order valence-electron chi connectivity index (χ0n) is 10.1. The van der Waals surface area contributed by atoms with Crippen molar-refractivity contribution < 1.29 is 35.0 Å². The molecule has 0 radical (unpaired) electrons. The van der Waals surface area contributed by atoms with Crippen molar-refractivity contribution in [2.24, 2.45) is 5.41 Å². The largest absolute Gasteiger partial charge is 1.00 e. The topological polar surface area (TPSA) is 21.1 Å². The molecule has 2 saturated heterocycles. The lowest BCUT2D eigenvalue weighted by Crippen LogP contribution is -3.28. The second-order valence-electron chi connectivity index (χ2n) is 5.34. The molecular weight excluding hydrogens is 255 g/mol. The van der Waals surface area contributed by atoms with Crippen molar-refractivity contribution in [3.05, 3.63) is 35.9 Å². The van der Waals surface area contributed by atoms with Crippen LogP contribution in [0.4, 0.5) is 0 Å². The number of rotatable bonds is 2. The molecule has 3 rings (SSSR count). The number of benzene rings is 1. The summed E-state index contributed by atoms with van der Waals surface area (Å²) >= 11 is 0. The van der Waals surface area contributed by atoms with Gasteiger partial charge in [0, 0.05) is 5.56 Å². The molecule has 2 heterocycles. The molecule has 0 saturated carbocycles. The molecule has 1 aromatic carbocycles. The Labute approximate surface area is 116 Å². The number of hydrogen-bond donors (Lipinski definition) is 2. The fraction of sp³-hybridized carbons (Fsp3) is 0.538. The highest BCUT2D eigenvalue weighted by Gasteiger charge is 2.57. The first-order valence-corrected chi connectivity index (χ1v) is 6.00. The molecule has 0 amide bonds. The summed E-state index contributed by atoms with van der Waals surface area (Å²) in [5, 5.41) is 2.43. The Hall–Kier alpha value is -0.280. The van der Waals surface area contributed by atoms with Gasteiger partial charge >= 0.3 is 0 Å². The fourth-order valence-corrected chi connectivity index (χ4v) is 3.04. The van der Waals surface area contributed by atoms with Gasteiger partial charge in [-0.05, 0) is 6.92 Å². The molecule has 2 aliphatic rings. The minimum atomic E-state index is 0. The van der Waals surface area contributed by atoms with E-state index >= 15 is 0 Å². The van der Waals surface area contributed by atoms with Gasteiger partial charge < -0.3 is 35.0 Å². The summed E-state index contributed by atoms with van der Waals surface area (Å²) in [6, 6.07) is 11.6. The van der Waals surface area contributed by atoms with E-state index in [0.717, 1.165) is 5.41 Å². The van der Waals surface area contributed by atoms with E-state index in [4.69, 9.17) is 0 Å². The zero-order chi connectivity index (χ0) is 10.3. The van der Waals surface area contributed by atoms with Gasteiger partial charge in [0.1, 0.15) is 6.04 Å². The van der Waals surface area contributed by atoms with Crippen LogP contribution in [0.1, 0.15) is 18.5 Å². The van der Waals surface area contributed by atoms with E-state index in [0.29, 0.717) is 6.04 Å². The van der Waals surface area contributed by atoms with Crippen LogP contribution in [0.2, 0.25) is 0 Å². The van der Waals surface area contributed by atoms with Crippen LogP contribution in [0.5, 0.6) is 0 Å². The zero-order valence-corrected chi connectivity index (χ0v) is 11.6. The average molecular weight is 275 g/mol. The van der Waals surface area contributed by atoms with Gasteiger partial charge in [-0.1, -0.05) is 30.3 Å². The maximum absolute atomic E-state index is 2.43. The molecule has 1 aromatic rings. The molecule has 2 fully saturated rings. The highest BCUT2D eigenvalue weighted by atomic mass is 35.5. The smallest absolute Gasteiger partial charge is 0.165 e. The number of quaternary nitrogens is 2. The van der Waals surface area contributed by atoms with Crippen LogP contribution in [0.3, 0.4) is 0 Å². The Balaban J connectivity index is 0.000000722. The standard InChI is InChI=1S/C13H18N2.2ClH/c1-11(12-5-3-2-4-6-12)15-9-13(10-15)7-14-8-13;;/h2-6,11,14H,7-10H2,1H3;2*1H. The van der Waals surface area contributed by atoms with E-state index in [9.17, 15) is 0 Å². The molecule has 1 spiro atoms. The third kappa shape index (κ3) is 2.60. The van der Waals surface area contributed by atoms with E-state index in [2.05, 4.69) is 42.6 Å². The molecule has 1 atom stereocenters. The van der Waals surface area contributed by atoms with Gasteiger partial charge in [0.2, 0.25) is 0 Å². The Morgan fingerprint density at radius 1 is 1.12 bits per heavy atom. The molecule has 17 heavy (non-hydrogen) atoms. The van der Waals surface area contributed by atoms with Gasteiger partial charge in [-0.15, -0.1) is 0 Å². The van der Waals surface area contributed by atoms with Gasteiger partial charge in [0.15, 0.2) is 5.41 Å². The molecule has 2 aliphatic heterocycles. The minimum Gasteiger partial charge on any atom is -1.00 e. The lowest BCUT2D eigenvalue weighted by Gasteiger charge is -2.51. The van der Waals surface area contributed by atoms with Crippen molar-refractivity contribution in [1.29, 1.82) is 0 Å². The summed E-state index contributed by atoms with van der Waals surface area (Å²) < 4.78 is 0. The fourth-order valence-electron chi connectivity index (χ4n) is 3.04. The van der Waals surface area contributed by atoms with E-state index in [1.807, 2.05) is 0 Å². The van der Waals surface area contributed by atoms with Gasteiger partial charge in [0.05, 0.1) is 26.2 Å². The second-order valence-corrected chi connectivity index (χ2v) is 5.34. The van der Waals surface area contributed by atoms with Crippen LogP contribution in [0, 0.1) is 5.41 Å². The number of halogens is 2. The summed E-state index contributed by atoms with van der Waals surface area (Å²) in [5.41, 5.74) is 2.23. The van der Waals surface area contributed by atoms with Gasteiger partial charge in [-0.25, -0.2) is 0 Å². The molecule has 0 aromatic heterocycles. The van der Waals surface area contributed by atoms with E-state index in [-0.39, 0.29) is 24.8 Å². The predicted octanol–water partition coefficient (Wildman–Crippen LogP) is -6.78. The second kappa shape index (κ2) is 5.57. The maximum atomic E-state index is 2.43. The monoisotopic (exact) mass is 274 g/mol. The van der Waals surface area contributed by atoms with Gasteiger partial charge in [0.25, 0.3) is 0 Å². The van der Waals surface area contributed by atoms with Crippen LogP contribution in [-0.2, 0) is 0 Å². The minimum absolute atomic E-state index is 0. The third-order valence-electron chi connectivity index (χ3n) is 4.27. The van der Waals surface area contributed by atoms with Crippen molar-refractivity contribution in [2.75, 3.05) is 26.2 Å². The first-order valence-electron chi connectivity index (χ1n) is 6.00. The maximum Gasteiger partial charge on any atom is 0.165 e. The number of nitrogens with one attached hydrogen (secondary N) is 1. The normalized spacial score (nSPS) is 22.6. The third-order valence-corrected chi connectivity index (χ3v) is 4.27. The van der Waals surface area contributed by atoms with Crippen LogP contribution >= 0.6 is 0 Å². The summed E-state index contributed by atoms with van der Waals surface area (Å²) in [6.45, 7) is 7.88. The van der Waals surface area contributed by atoms with Crippen LogP contribution < -0.4 is 35.0 Å². The van der Waals surface area contributed by atoms with E-state index < -0.39 is 0 Å². The van der Waals surface area contributed by atoms with Gasteiger partial charge in [-0.2, -0.15) is 0 Å². The summed E-state index contributed by atoms with van der Waals surface area (Å²) in [4.78, 5) is 1.77. The highest BCUT2D eigenvalue weighted by Crippen LogP contribution is 2.21. The first kappa shape index (κ1) is 14.8. The van der Waals surface area contributed by atoms with Crippen molar-refractivity contribution >= 4 is 0 Å². The van der Waals surface area contributed by atoms with Crippen molar-refractivity contribution in [3.63, 3.8) is 0 Å². The molecule has 0 aliphatic carbocycles. The van der Waals surface area contributed by atoms with E-state index in [1.165, 1.54) is 31.7 Å². The molecular formula is C13H20Cl2N2. The Bertz CT molecular complexity index is 344. The Morgan fingerprint density at radius 3 is 2.18 bits per heavy atom. The van der Waals surface area contributed by atoms with E-state index in [1.54, 1.807) is 4.90 Å². The number of likely N-dealkylation sites (tertiary alicyclic amines) is 1. The van der Waals surface area contributed by atoms with Crippen LogP contribution in [0.25, 0.3) is 0 Å². The average Bonchev–Trinajstić information content (AvgIpc) is 2.14.